The van der Waals surface area contributed by atoms with E-state index in [0.29, 0.717) is 11.7 Å². The Bertz CT molecular complexity index is 993. The van der Waals surface area contributed by atoms with Crippen LogP contribution in [0.5, 0.6) is 5.75 Å². The number of esters is 3. The number of hydrogen-bond acceptors (Lipinski definition) is 10. The molecule has 0 unspecified atom stereocenters. The van der Waals surface area contributed by atoms with Crippen molar-refractivity contribution in [3.63, 3.8) is 0 Å². The van der Waals surface area contributed by atoms with E-state index in [1.54, 1.807) is 0 Å². The second kappa shape index (κ2) is 9.11. The number of methoxy groups -OCH3 is 2. The van der Waals surface area contributed by atoms with Crippen molar-refractivity contribution in [1.29, 1.82) is 0 Å². The summed E-state index contributed by atoms with van der Waals surface area (Å²) in [6, 6.07) is 5.76. The van der Waals surface area contributed by atoms with Crippen molar-refractivity contribution >= 4 is 29.2 Å². The van der Waals surface area contributed by atoms with Crippen molar-refractivity contribution in [2.75, 3.05) is 14.2 Å². The Balaban J connectivity index is 1.66. The number of aromatic nitrogens is 2. The number of hydrogen-bond donors (Lipinski definition) is 0. The fraction of sp³-hybridized carbons (Fsp3) is 0.211. The summed E-state index contributed by atoms with van der Waals surface area (Å²) in [6.45, 7) is 0. The Kier molecular flexibility index (Phi) is 6.35. The third-order valence-electron chi connectivity index (χ3n) is 3.77. The van der Waals surface area contributed by atoms with Crippen molar-refractivity contribution in [3.8, 4) is 17.1 Å². The second-order valence-electron chi connectivity index (χ2n) is 5.73. The Labute approximate surface area is 169 Å². The van der Waals surface area contributed by atoms with E-state index >= 15 is 0 Å². The van der Waals surface area contributed by atoms with Gasteiger partial charge in [0.1, 0.15) is 5.75 Å². The Morgan fingerprint density at radius 1 is 1.07 bits per heavy atom. The van der Waals surface area contributed by atoms with Crippen LogP contribution in [0.25, 0.3) is 11.4 Å². The first-order valence-corrected chi connectivity index (χ1v) is 9.32. The molecule has 0 bridgehead atoms. The number of thiophene rings is 1. The fourth-order valence-corrected chi connectivity index (χ4v) is 3.02. The number of aryl methyl sites for hydroxylation is 1. The normalized spacial score (nSPS) is 10.4. The molecule has 150 valence electrons. The van der Waals surface area contributed by atoms with Crippen LogP contribution in [0.1, 0.15) is 33.0 Å². The first-order valence-electron chi connectivity index (χ1n) is 8.37. The van der Waals surface area contributed by atoms with Gasteiger partial charge in [-0.3, -0.25) is 4.79 Å². The van der Waals surface area contributed by atoms with Gasteiger partial charge in [0.05, 0.1) is 31.8 Å². The smallest absolute Gasteiger partial charge is 0.338 e. The standard InChI is InChI=1S/C19H16N2O7S/c1-25-18(23)12-7-13(19(24)26-2)9-14(8-12)27-16(22)4-3-15-20-17(21-28-15)11-5-6-29-10-11/h5-10H,3-4H2,1-2H3. The zero-order chi connectivity index (χ0) is 20.8. The molecular weight excluding hydrogens is 400 g/mol. The lowest BCUT2D eigenvalue weighted by molar-refractivity contribution is -0.134. The summed E-state index contributed by atoms with van der Waals surface area (Å²) < 4.78 is 19.7. The van der Waals surface area contributed by atoms with E-state index in [-0.39, 0.29) is 29.7 Å². The second-order valence-corrected chi connectivity index (χ2v) is 6.51. The van der Waals surface area contributed by atoms with Crippen molar-refractivity contribution in [2.45, 2.75) is 12.8 Å². The molecule has 29 heavy (non-hydrogen) atoms. The van der Waals surface area contributed by atoms with Crippen LogP contribution >= 0.6 is 11.3 Å². The van der Waals surface area contributed by atoms with E-state index in [2.05, 4.69) is 19.6 Å². The third-order valence-corrected chi connectivity index (χ3v) is 4.45. The molecule has 1 aromatic carbocycles. The topological polar surface area (TPSA) is 118 Å². The Hall–Kier alpha value is -3.53. The highest BCUT2D eigenvalue weighted by atomic mass is 32.1. The number of carbonyl (C=O) groups excluding carboxylic acids is 3. The quantitative estimate of drug-likeness (QED) is 0.423. The Morgan fingerprint density at radius 2 is 1.76 bits per heavy atom. The number of benzene rings is 1. The minimum atomic E-state index is -0.681. The number of nitrogens with zero attached hydrogens (tertiary/aromatic N) is 2. The summed E-state index contributed by atoms with van der Waals surface area (Å²) in [5.41, 5.74) is 0.938. The van der Waals surface area contributed by atoms with Gasteiger partial charge in [0.25, 0.3) is 0 Å². The van der Waals surface area contributed by atoms with Gasteiger partial charge in [-0.25, -0.2) is 9.59 Å². The molecule has 0 radical (unpaired) electrons. The molecule has 3 rings (SSSR count). The SMILES string of the molecule is COC(=O)c1cc(OC(=O)CCc2nc(-c3ccsc3)no2)cc(C(=O)OC)c1. The molecule has 2 aromatic heterocycles. The lowest BCUT2D eigenvalue weighted by Gasteiger charge is -2.08. The van der Waals surface area contributed by atoms with Gasteiger partial charge >= 0.3 is 17.9 Å². The molecule has 0 aliphatic heterocycles. The van der Waals surface area contributed by atoms with E-state index in [4.69, 9.17) is 9.26 Å². The predicted molar refractivity (Wildman–Crippen MR) is 101 cm³/mol. The molecular formula is C19H16N2O7S. The van der Waals surface area contributed by atoms with Gasteiger partial charge in [0.2, 0.25) is 11.7 Å². The van der Waals surface area contributed by atoms with Crippen molar-refractivity contribution in [1.82, 2.24) is 10.1 Å². The summed E-state index contributed by atoms with van der Waals surface area (Å²) in [7, 11) is 2.40. The third kappa shape index (κ3) is 5.05. The van der Waals surface area contributed by atoms with Gasteiger partial charge in [-0.1, -0.05) is 5.16 Å². The molecule has 0 aliphatic carbocycles. The monoisotopic (exact) mass is 416 g/mol. The fourth-order valence-electron chi connectivity index (χ4n) is 2.39. The Morgan fingerprint density at radius 3 is 2.34 bits per heavy atom. The summed E-state index contributed by atoms with van der Waals surface area (Å²) in [4.78, 5) is 40.0. The molecule has 3 aromatic rings. The molecule has 9 nitrogen and oxygen atoms in total. The van der Waals surface area contributed by atoms with E-state index in [9.17, 15) is 14.4 Å². The summed E-state index contributed by atoms with van der Waals surface area (Å²) in [6.07, 6.45) is 0.137. The molecule has 2 heterocycles. The average molecular weight is 416 g/mol. The molecule has 0 saturated carbocycles. The van der Waals surface area contributed by atoms with Crippen molar-refractivity contribution < 1.29 is 33.1 Å². The van der Waals surface area contributed by atoms with E-state index in [1.807, 2.05) is 16.8 Å². The summed E-state index contributed by atoms with van der Waals surface area (Å²) >= 11 is 1.51. The van der Waals surface area contributed by atoms with Gasteiger partial charge in [-0.2, -0.15) is 16.3 Å². The van der Waals surface area contributed by atoms with Crippen molar-refractivity contribution in [3.05, 3.63) is 52.0 Å². The van der Waals surface area contributed by atoms with Crippen LogP contribution < -0.4 is 4.74 Å². The van der Waals surface area contributed by atoms with Crippen LogP contribution in [0.3, 0.4) is 0 Å². The molecule has 0 fully saturated rings. The summed E-state index contributed by atoms with van der Waals surface area (Å²) in [5.74, 6) is -1.20. The molecule has 0 spiro atoms. The lowest BCUT2D eigenvalue weighted by Crippen LogP contribution is -2.12. The molecule has 0 saturated heterocycles. The number of ether oxygens (including phenoxy) is 3. The molecule has 10 heteroatoms. The van der Waals surface area contributed by atoms with Crippen LogP contribution in [0.2, 0.25) is 0 Å². The average Bonchev–Trinajstić information content (AvgIpc) is 3.42. The van der Waals surface area contributed by atoms with Crippen LogP contribution in [0.15, 0.2) is 39.5 Å². The first kappa shape index (κ1) is 20.2. The zero-order valence-corrected chi connectivity index (χ0v) is 16.4. The van der Waals surface area contributed by atoms with E-state index in [0.717, 1.165) is 5.56 Å². The zero-order valence-electron chi connectivity index (χ0n) is 15.5. The maximum absolute atomic E-state index is 12.2. The van der Waals surface area contributed by atoms with Crippen LogP contribution in [-0.4, -0.2) is 42.3 Å². The maximum atomic E-state index is 12.2. The summed E-state index contributed by atoms with van der Waals surface area (Å²) in [5, 5.41) is 7.65. The van der Waals surface area contributed by atoms with Crippen LogP contribution in [0.4, 0.5) is 0 Å². The minimum Gasteiger partial charge on any atom is -0.465 e. The molecule has 0 amide bonds. The predicted octanol–water partition coefficient (Wildman–Crippen LogP) is 2.91. The van der Waals surface area contributed by atoms with Gasteiger partial charge in [-0.15, -0.1) is 0 Å². The number of carbonyl (C=O) groups is 3. The van der Waals surface area contributed by atoms with Gasteiger partial charge in [-0.05, 0) is 29.6 Å². The van der Waals surface area contributed by atoms with Crippen LogP contribution in [-0.2, 0) is 20.7 Å². The highest BCUT2D eigenvalue weighted by molar-refractivity contribution is 7.08. The maximum Gasteiger partial charge on any atom is 0.338 e. The van der Waals surface area contributed by atoms with E-state index < -0.39 is 17.9 Å². The molecule has 0 atom stereocenters. The molecule has 0 N–H and O–H groups in total. The van der Waals surface area contributed by atoms with Gasteiger partial charge < -0.3 is 18.7 Å². The van der Waals surface area contributed by atoms with Gasteiger partial charge in [0.15, 0.2) is 0 Å². The van der Waals surface area contributed by atoms with Gasteiger partial charge in [0, 0.05) is 17.4 Å². The first-order chi connectivity index (χ1) is 14.0. The molecule has 0 aliphatic rings. The van der Waals surface area contributed by atoms with Crippen molar-refractivity contribution in [2.24, 2.45) is 0 Å². The highest BCUT2D eigenvalue weighted by Gasteiger charge is 2.17. The minimum absolute atomic E-state index is 0.0165. The lowest BCUT2D eigenvalue weighted by atomic mass is 10.1. The largest absolute Gasteiger partial charge is 0.465 e. The van der Waals surface area contributed by atoms with E-state index in [1.165, 1.54) is 43.8 Å². The number of rotatable bonds is 7. The van der Waals surface area contributed by atoms with Crippen LogP contribution in [0, 0.1) is 0 Å². The highest BCUT2D eigenvalue weighted by Crippen LogP contribution is 2.21.